The first-order valence-corrected chi connectivity index (χ1v) is 6.06. The van der Waals surface area contributed by atoms with Crippen LogP contribution >= 0.6 is 23.2 Å². The third kappa shape index (κ3) is 3.43. The molecule has 0 fully saturated rings. The van der Waals surface area contributed by atoms with Crippen LogP contribution in [0.3, 0.4) is 0 Å². The third-order valence-electron chi connectivity index (χ3n) is 2.23. The van der Waals surface area contributed by atoms with Gasteiger partial charge >= 0.3 is 5.97 Å². The van der Waals surface area contributed by atoms with E-state index in [1.165, 1.54) is 30.3 Å². The van der Waals surface area contributed by atoms with Crippen LogP contribution in [0.2, 0.25) is 10.3 Å². The summed E-state index contributed by atoms with van der Waals surface area (Å²) in [7, 11) is 0. The lowest BCUT2D eigenvalue weighted by Crippen LogP contribution is -2.14. The van der Waals surface area contributed by atoms with Gasteiger partial charge in [-0.3, -0.25) is 4.79 Å². The van der Waals surface area contributed by atoms with Gasteiger partial charge in [0.2, 0.25) is 0 Å². The molecule has 102 valence electrons. The van der Waals surface area contributed by atoms with Crippen molar-refractivity contribution in [2.24, 2.45) is 0 Å². The highest BCUT2D eigenvalue weighted by molar-refractivity contribution is 6.33. The van der Waals surface area contributed by atoms with Crippen LogP contribution in [0.5, 0.6) is 0 Å². The average molecular weight is 312 g/mol. The van der Waals surface area contributed by atoms with Gasteiger partial charge in [-0.1, -0.05) is 29.3 Å². The van der Waals surface area contributed by atoms with Gasteiger partial charge in [-0.15, -0.1) is 0 Å². The highest BCUT2D eigenvalue weighted by atomic mass is 35.5. The van der Waals surface area contributed by atoms with Crippen molar-refractivity contribution < 1.29 is 14.7 Å². The molecule has 0 atom stereocenters. The summed E-state index contributed by atoms with van der Waals surface area (Å²) in [6.07, 6.45) is 0. The smallest absolute Gasteiger partial charge is 0.354 e. The van der Waals surface area contributed by atoms with Gasteiger partial charge in [0.05, 0.1) is 0 Å². The number of hydrogen-bond acceptors (Lipinski definition) is 4. The second-order valence-electron chi connectivity index (χ2n) is 3.67. The van der Waals surface area contributed by atoms with Crippen molar-refractivity contribution in [3.8, 4) is 0 Å². The number of hydrogen-bond donors (Lipinski definition) is 2. The van der Waals surface area contributed by atoms with E-state index in [9.17, 15) is 9.59 Å². The summed E-state index contributed by atoms with van der Waals surface area (Å²) in [4.78, 5) is 30.2. The van der Waals surface area contributed by atoms with Gasteiger partial charge in [-0.25, -0.2) is 14.8 Å². The Morgan fingerprint density at radius 1 is 1.10 bits per heavy atom. The molecule has 0 aromatic carbocycles. The maximum atomic E-state index is 12.0. The largest absolute Gasteiger partial charge is 0.477 e. The lowest BCUT2D eigenvalue weighted by Gasteiger charge is -2.05. The van der Waals surface area contributed by atoms with Crippen molar-refractivity contribution in [1.82, 2.24) is 9.97 Å². The van der Waals surface area contributed by atoms with E-state index in [0.29, 0.717) is 0 Å². The highest BCUT2D eigenvalue weighted by Gasteiger charge is 2.11. The topological polar surface area (TPSA) is 92.2 Å². The van der Waals surface area contributed by atoms with Crippen LogP contribution in [0.25, 0.3) is 0 Å². The summed E-state index contributed by atoms with van der Waals surface area (Å²) < 4.78 is 0. The van der Waals surface area contributed by atoms with Crippen LogP contribution in [-0.2, 0) is 0 Å². The first-order valence-electron chi connectivity index (χ1n) is 5.30. The monoisotopic (exact) mass is 311 g/mol. The summed E-state index contributed by atoms with van der Waals surface area (Å²) in [5.74, 6) is -1.60. The molecule has 20 heavy (non-hydrogen) atoms. The van der Waals surface area contributed by atoms with E-state index in [-0.39, 0.29) is 27.4 Å². The number of nitrogens with one attached hydrogen (secondary N) is 1. The molecule has 2 heterocycles. The Balaban J connectivity index is 2.23. The third-order valence-corrected chi connectivity index (χ3v) is 2.62. The van der Waals surface area contributed by atoms with E-state index < -0.39 is 11.9 Å². The van der Waals surface area contributed by atoms with E-state index in [4.69, 9.17) is 28.3 Å². The molecular weight excluding hydrogens is 305 g/mol. The Morgan fingerprint density at radius 2 is 1.75 bits per heavy atom. The van der Waals surface area contributed by atoms with E-state index >= 15 is 0 Å². The van der Waals surface area contributed by atoms with Crippen molar-refractivity contribution in [2.45, 2.75) is 0 Å². The van der Waals surface area contributed by atoms with E-state index in [1.807, 2.05) is 0 Å². The number of rotatable bonds is 3. The molecule has 0 aliphatic rings. The van der Waals surface area contributed by atoms with Gasteiger partial charge in [0.1, 0.15) is 16.1 Å². The van der Waals surface area contributed by atoms with Crippen LogP contribution in [-0.4, -0.2) is 27.0 Å². The van der Waals surface area contributed by atoms with E-state index in [2.05, 4.69) is 15.3 Å². The number of carbonyl (C=O) groups is 2. The predicted octanol–water partition coefficient (Wildman–Crippen LogP) is 2.73. The molecule has 0 radical (unpaired) electrons. The second-order valence-corrected chi connectivity index (χ2v) is 4.44. The van der Waals surface area contributed by atoms with Crippen LogP contribution in [0.15, 0.2) is 30.3 Å². The zero-order valence-electron chi connectivity index (χ0n) is 9.80. The molecule has 0 saturated heterocycles. The number of aromatic carboxylic acids is 1. The minimum absolute atomic E-state index is 0.0786. The van der Waals surface area contributed by atoms with Gasteiger partial charge in [0.15, 0.2) is 5.69 Å². The molecule has 2 aromatic heterocycles. The number of pyridine rings is 2. The molecule has 0 bridgehead atoms. The fourth-order valence-corrected chi connectivity index (χ4v) is 1.87. The van der Waals surface area contributed by atoms with Crippen LogP contribution in [0.4, 0.5) is 5.82 Å². The fourth-order valence-electron chi connectivity index (χ4n) is 1.41. The standard InChI is InChI=1S/C12H7Cl2N3O3/c13-8-4-6(5-9(14)16-8)11(18)17-10-3-1-2-7(15-10)12(19)20/h1-5H,(H,19,20)(H,15,17,18). The summed E-state index contributed by atoms with van der Waals surface area (Å²) in [5.41, 5.74) is 0.0196. The second kappa shape index (κ2) is 5.85. The minimum atomic E-state index is -1.18. The molecule has 8 heteroatoms. The number of carbonyl (C=O) groups excluding carboxylic acids is 1. The molecule has 0 saturated carbocycles. The number of carboxylic acid groups (broad SMARTS) is 1. The van der Waals surface area contributed by atoms with Gasteiger partial charge < -0.3 is 10.4 Å². The normalized spacial score (nSPS) is 10.1. The number of anilines is 1. The molecule has 2 rings (SSSR count). The van der Waals surface area contributed by atoms with Crippen LogP contribution in [0.1, 0.15) is 20.8 Å². The zero-order valence-corrected chi connectivity index (χ0v) is 11.3. The number of halogens is 2. The lowest BCUT2D eigenvalue weighted by atomic mass is 10.2. The number of amides is 1. The fraction of sp³-hybridized carbons (Fsp3) is 0. The number of nitrogens with zero attached hydrogens (tertiary/aromatic N) is 2. The van der Waals surface area contributed by atoms with Crippen molar-refractivity contribution in [3.63, 3.8) is 0 Å². The van der Waals surface area contributed by atoms with Gasteiger partial charge in [-0.2, -0.15) is 0 Å². The number of aromatic nitrogens is 2. The molecule has 1 amide bonds. The Labute approximate surface area is 123 Å². The Bertz CT molecular complexity index is 671. The van der Waals surface area contributed by atoms with Crippen molar-refractivity contribution in [1.29, 1.82) is 0 Å². The lowest BCUT2D eigenvalue weighted by molar-refractivity contribution is 0.0690. The van der Waals surface area contributed by atoms with Crippen LogP contribution in [0, 0.1) is 0 Å². The van der Waals surface area contributed by atoms with Gasteiger partial charge in [0, 0.05) is 5.56 Å². The zero-order chi connectivity index (χ0) is 14.7. The highest BCUT2D eigenvalue weighted by Crippen LogP contribution is 2.16. The quantitative estimate of drug-likeness (QED) is 0.850. The van der Waals surface area contributed by atoms with Gasteiger partial charge in [-0.05, 0) is 24.3 Å². The number of carboxylic acids is 1. The average Bonchev–Trinajstić information content (AvgIpc) is 2.37. The molecule has 2 aromatic rings. The summed E-state index contributed by atoms with van der Waals surface area (Å²) in [6, 6.07) is 6.93. The van der Waals surface area contributed by atoms with Gasteiger partial charge in [0.25, 0.3) is 5.91 Å². The maximum Gasteiger partial charge on any atom is 0.354 e. The molecule has 6 nitrogen and oxygen atoms in total. The SMILES string of the molecule is O=C(Nc1cccc(C(=O)O)n1)c1cc(Cl)nc(Cl)c1. The Morgan fingerprint density at radius 3 is 2.35 bits per heavy atom. The van der Waals surface area contributed by atoms with E-state index in [0.717, 1.165) is 0 Å². The van der Waals surface area contributed by atoms with Crippen molar-refractivity contribution >= 4 is 40.9 Å². The molecule has 2 N–H and O–H groups in total. The molecule has 0 aliphatic carbocycles. The molecule has 0 unspecified atom stereocenters. The minimum Gasteiger partial charge on any atom is -0.477 e. The first kappa shape index (κ1) is 14.2. The summed E-state index contributed by atoms with van der Waals surface area (Å²) in [5, 5.41) is 11.4. The maximum absolute atomic E-state index is 12.0. The Hall–Kier alpha value is -2.18. The Kier molecular flexibility index (Phi) is 4.16. The molecule has 0 aliphatic heterocycles. The van der Waals surface area contributed by atoms with Crippen molar-refractivity contribution in [3.05, 3.63) is 51.9 Å². The summed E-state index contributed by atoms with van der Waals surface area (Å²) in [6.45, 7) is 0. The first-order chi connectivity index (χ1) is 9.45. The van der Waals surface area contributed by atoms with E-state index in [1.54, 1.807) is 0 Å². The van der Waals surface area contributed by atoms with Crippen molar-refractivity contribution in [2.75, 3.05) is 5.32 Å². The predicted molar refractivity (Wildman–Crippen MR) is 73.4 cm³/mol. The molecular formula is C12H7Cl2N3O3. The van der Waals surface area contributed by atoms with Crippen LogP contribution < -0.4 is 5.32 Å². The molecule has 0 spiro atoms. The summed E-state index contributed by atoms with van der Waals surface area (Å²) >= 11 is 11.4.